The van der Waals surface area contributed by atoms with E-state index in [1.807, 2.05) is 0 Å². The highest BCUT2D eigenvalue weighted by Crippen LogP contribution is 2.23. The highest BCUT2D eigenvalue weighted by Gasteiger charge is 2.35. The maximum atomic E-state index is 13.3. The summed E-state index contributed by atoms with van der Waals surface area (Å²) in [5.74, 6) is -0.184. The maximum absolute atomic E-state index is 13.3. The normalized spacial score (nSPS) is 27.8. The van der Waals surface area contributed by atoms with Crippen LogP contribution in [-0.4, -0.2) is 23.5 Å². The van der Waals surface area contributed by atoms with Crippen molar-refractivity contribution < 1.29 is 9.50 Å². The smallest absolute Gasteiger partial charge is 0.161 e. The second-order valence-electron chi connectivity index (χ2n) is 2.81. The van der Waals surface area contributed by atoms with Gasteiger partial charge in [-0.15, -0.1) is 0 Å². The summed E-state index contributed by atoms with van der Waals surface area (Å²) < 4.78 is 13.3. The molecule has 12 heavy (non-hydrogen) atoms. The number of hydrogen-bond acceptors (Lipinski definition) is 4. The van der Waals surface area contributed by atoms with Gasteiger partial charge in [-0.3, -0.25) is 0 Å². The molecule has 1 aliphatic carbocycles. The van der Waals surface area contributed by atoms with Crippen molar-refractivity contribution in [1.82, 2.24) is 0 Å². The van der Waals surface area contributed by atoms with Crippen LogP contribution >= 0.6 is 0 Å². The van der Waals surface area contributed by atoms with Crippen LogP contribution < -0.4 is 17.2 Å². The van der Waals surface area contributed by atoms with Gasteiger partial charge in [0.05, 0.1) is 0 Å². The SMILES string of the molecule is NCC1=C(O)C=CC(N)(N)C1F. The molecule has 0 saturated carbocycles. The number of rotatable bonds is 1. The molecule has 0 aromatic rings. The van der Waals surface area contributed by atoms with Crippen LogP contribution in [0.1, 0.15) is 0 Å². The van der Waals surface area contributed by atoms with Crippen LogP contribution in [0.2, 0.25) is 0 Å². The van der Waals surface area contributed by atoms with Crippen LogP contribution in [-0.2, 0) is 0 Å². The zero-order valence-electron chi connectivity index (χ0n) is 6.50. The van der Waals surface area contributed by atoms with E-state index in [1.54, 1.807) is 0 Å². The van der Waals surface area contributed by atoms with Gasteiger partial charge in [0, 0.05) is 12.1 Å². The molecule has 5 heteroatoms. The van der Waals surface area contributed by atoms with Gasteiger partial charge in [-0.2, -0.15) is 0 Å². The number of halogens is 1. The molecule has 0 fully saturated rings. The minimum Gasteiger partial charge on any atom is -0.508 e. The molecule has 0 spiro atoms. The molecule has 0 aromatic heterocycles. The van der Waals surface area contributed by atoms with Crippen molar-refractivity contribution in [2.75, 3.05) is 6.54 Å². The summed E-state index contributed by atoms with van der Waals surface area (Å²) >= 11 is 0. The van der Waals surface area contributed by atoms with Crippen molar-refractivity contribution in [3.05, 3.63) is 23.5 Å². The molecule has 0 heterocycles. The fourth-order valence-corrected chi connectivity index (χ4v) is 1.05. The van der Waals surface area contributed by atoms with Gasteiger partial charge in [-0.1, -0.05) is 0 Å². The Kier molecular flexibility index (Phi) is 2.18. The Morgan fingerprint density at radius 2 is 2.17 bits per heavy atom. The lowest BCUT2D eigenvalue weighted by Gasteiger charge is -2.29. The molecule has 4 nitrogen and oxygen atoms in total. The molecule has 0 aliphatic heterocycles. The number of allylic oxidation sites excluding steroid dienone is 1. The first kappa shape index (κ1) is 9.18. The van der Waals surface area contributed by atoms with Gasteiger partial charge < -0.3 is 22.3 Å². The number of alkyl halides is 1. The van der Waals surface area contributed by atoms with Crippen LogP contribution in [0, 0.1) is 0 Å². The average Bonchev–Trinajstić information content (AvgIpc) is 2.00. The lowest BCUT2D eigenvalue weighted by molar-refractivity contribution is 0.250. The minimum atomic E-state index is -1.62. The van der Waals surface area contributed by atoms with Crippen LogP contribution in [0.4, 0.5) is 4.39 Å². The van der Waals surface area contributed by atoms with E-state index in [0.29, 0.717) is 0 Å². The van der Waals surface area contributed by atoms with Gasteiger partial charge in [0.15, 0.2) is 6.17 Å². The summed E-state index contributed by atoms with van der Waals surface area (Å²) in [6.07, 6.45) is 0.859. The minimum absolute atomic E-state index is 0.0440. The van der Waals surface area contributed by atoms with Gasteiger partial charge >= 0.3 is 0 Å². The predicted octanol–water partition coefficient (Wildman–Crippen LogP) is -0.721. The number of aliphatic hydroxyl groups excluding tert-OH is 1. The molecular weight excluding hydrogens is 161 g/mol. The van der Waals surface area contributed by atoms with Gasteiger partial charge in [0.1, 0.15) is 11.4 Å². The number of hydrogen-bond donors (Lipinski definition) is 4. The molecule has 0 aromatic carbocycles. The van der Waals surface area contributed by atoms with Crippen molar-refractivity contribution in [1.29, 1.82) is 0 Å². The molecular formula is C7H12FN3O. The summed E-state index contributed by atoms with van der Waals surface area (Å²) in [4.78, 5) is 0. The predicted molar refractivity (Wildman–Crippen MR) is 43.9 cm³/mol. The molecule has 1 aliphatic rings. The summed E-state index contributed by atoms with van der Waals surface area (Å²) in [6, 6.07) is 0. The van der Waals surface area contributed by atoms with E-state index in [4.69, 9.17) is 22.3 Å². The van der Waals surface area contributed by atoms with E-state index >= 15 is 0 Å². The van der Waals surface area contributed by atoms with Crippen molar-refractivity contribution in [3.8, 4) is 0 Å². The first-order valence-electron chi connectivity index (χ1n) is 3.52. The second kappa shape index (κ2) is 2.85. The third kappa shape index (κ3) is 1.34. The van der Waals surface area contributed by atoms with E-state index in [-0.39, 0.29) is 17.9 Å². The Morgan fingerprint density at radius 1 is 1.58 bits per heavy atom. The first-order chi connectivity index (χ1) is 5.49. The molecule has 0 amide bonds. The molecule has 1 unspecified atom stereocenters. The van der Waals surface area contributed by atoms with Crippen LogP contribution in [0.15, 0.2) is 23.5 Å². The lowest BCUT2D eigenvalue weighted by atomic mass is 9.92. The fraction of sp³-hybridized carbons (Fsp3) is 0.429. The van der Waals surface area contributed by atoms with Gasteiger partial charge in [0.25, 0.3) is 0 Å². The Morgan fingerprint density at radius 3 is 2.58 bits per heavy atom. The van der Waals surface area contributed by atoms with E-state index in [0.717, 1.165) is 0 Å². The standard InChI is InChI=1S/C7H12FN3O/c8-6-4(3-9)5(12)1-2-7(6,10)11/h1-2,6,12H,3,9-11H2. The highest BCUT2D eigenvalue weighted by molar-refractivity contribution is 5.35. The van der Waals surface area contributed by atoms with Crippen molar-refractivity contribution in [2.24, 2.45) is 17.2 Å². The zero-order chi connectivity index (χ0) is 9.35. The van der Waals surface area contributed by atoms with Crippen LogP contribution in [0.5, 0.6) is 0 Å². The molecule has 1 rings (SSSR count). The number of nitrogens with two attached hydrogens (primary N) is 3. The quantitative estimate of drug-likeness (QED) is 0.393. The maximum Gasteiger partial charge on any atom is 0.161 e. The first-order valence-corrected chi connectivity index (χ1v) is 3.52. The Balaban J connectivity index is 3.02. The summed E-state index contributed by atoms with van der Waals surface area (Å²) in [7, 11) is 0. The molecule has 68 valence electrons. The molecule has 0 saturated heterocycles. The van der Waals surface area contributed by atoms with E-state index < -0.39 is 11.8 Å². The topological polar surface area (TPSA) is 98.3 Å². The van der Waals surface area contributed by atoms with E-state index in [9.17, 15) is 4.39 Å². The molecule has 0 radical (unpaired) electrons. The Bertz CT molecular complexity index is 247. The monoisotopic (exact) mass is 173 g/mol. The zero-order valence-corrected chi connectivity index (χ0v) is 6.50. The summed E-state index contributed by atoms with van der Waals surface area (Å²) in [5.41, 5.74) is 14.4. The molecule has 7 N–H and O–H groups in total. The third-order valence-electron chi connectivity index (χ3n) is 1.82. The van der Waals surface area contributed by atoms with Crippen LogP contribution in [0.25, 0.3) is 0 Å². The van der Waals surface area contributed by atoms with Crippen molar-refractivity contribution >= 4 is 0 Å². The fourth-order valence-electron chi connectivity index (χ4n) is 1.05. The largest absolute Gasteiger partial charge is 0.508 e. The van der Waals surface area contributed by atoms with Gasteiger partial charge in [-0.05, 0) is 12.2 Å². The number of aliphatic hydroxyl groups is 1. The third-order valence-corrected chi connectivity index (χ3v) is 1.82. The average molecular weight is 173 g/mol. The lowest BCUT2D eigenvalue weighted by Crippen LogP contribution is -2.58. The van der Waals surface area contributed by atoms with Gasteiger partial charge in [0.2, 0.25) is 0 Å². The molecule has 0 bridgehead atoms. The summed E-state index contributed by atoms with van der Waals surface area (Å²) in [5, 5.41) is 9.13. The van der Waals surface area contributed by atoms with Gasteiger partial charge in [-0.25, -0.2) is 4.39 Å². The van der Waals surface area contributed by atoms with E-state index in [1.165, 1.54) is 12.2 Å². The highest BCUT2D eigenvalue weighted by atomic mass is 19.1. The summed E-state index contributed by atoms with van der Waals surface area (Å²) in [6.45, 7) is -0.0898. The van der Waals surface area contributed by atoms with Crippen LogP contribution in [0.3, 0.4) is 0 Å². The molecule has 1 atom stereocenters. The van der Waals surface area contributed by atoms with E-state index in [2.05, 4.69) is 0 Å². The van der Waals surface area contributed by atoms with Crippen molar-refractivity contribution in [2.45, 2.75) is 11.8 Å². The Hall–Kier alpha value is -0.910. The second-order valence-corrected chi connectivity index (χ2v) is 2.81. The van der Waals surface area contributed by atoms with Crippen molar-refractivity contribution in [3.63, 3.8) is 0 Å². The Labute approximate surface area is 69.5 Å².